The minimum absolute atomic E-state index is 0.0190. The second kappa shape index (κ2) is 5.50. The molecule has 0 atom stereocenters. The molecule has 1 heterocycles. The Kier molecular flexibility index (Phi) is 4.06. The van der Waals surface area contributed by atoms with Crippen LogP contribution in [0.1, 0.15) is 5.56 Å². The van der Waals surface area contributed by atoms with Gasteiger partial charge in [-0.05, 0) is 6.07 Å². The van der Waals surface area contributed by atoms with Gasteiger partial charge in [-0.15, -0.1) is 0 Å². The van der Waals surface area contributed by atoms with Crippen LogP contribution in [0.3, 0.4) is 0 Å². The molecule has 0 saturated heterocycles. The second-order valence-electron chi connectivity index (χ2n) is 3.95. The normalized spacial score (nSPS) is 11.5. The topological polar surface area (TPSA) is 56.0 Å². The van der Waals surface area contributed by atoms with Crippen molar-refractivity contribution in [3.05, 3.63) is 56.2 Å². The first-order valence-corrected chi connectivity index (χ1v) is 6.13. The number of nitro groups is 1. The Morgan fingerprint density at radius 3 is 2.48 bits per heavy atom. The minimum atomic E-state index is -4.73. The molecule has 2 aromatic rings. The Balaban J connectivity index is 2.70. The Hall–Kier alpha value is -1.86. The zero-order valence-corrected chi connectivity index (χ0v) is 11.5. The number of hydrogen-bond donors (Lipinski definition) is 0. The van der Waals surface area contributed by atoms with Gasteiger partial charge in [0.2, 0.25) is 0 Å². The fourth-order valence-corrected chi connectivity index (χ4v) is 2.03. The molecule has 0 aliphatic heterocycles. The van der Waals surface area contributed by atoms with Crippen LogP contribution < -0.4 is 0 Å². The molecule has 2 rings (SSSR count). The summed E-state index contributed by atoms with van der Waals surface area (Å²) in [6.07, 6.45) is -4.21. The maximum Gasteiger partial charge on any atom is 0.418 e. The number of halogens is 5. The lowest BCUT2D eigenvalue weighted by Crippen LogP contribution is -2.07. The molecular weight excluding hydrogens is 332 g/mol. The first-order chi connectivity index (χ1) is 9.71. The average Bonchev–Trinajstić information content (AvgIpc) is 2.40. The molecule has 0 unspecified atom stereocenters. The van der Waals surface area contributed by atoms with E-state index in [-0.39, 0.29) is 21.3 Å². The Morgan fingerprint density at radius 1 is 1.24 bits per heavy atom. The van der Waals surface area contributed by atoms with Crippen molar-refractivity contribution in [1.29, 1.82) is 0 Å². The minimum Gasteiger partial charge on any atom is -0.258 e. The van der Waals surface area contributed by atoms with Crippen molar-refractivity contribution >= 4 is 28.9 Å². The lowest BCUT2D eigenvalue weighted by atomic mass is 10.1. The molecule has 0 fully saturated rings. The summed E-state index contributed by atoms with van der Waals surface area (Å²) in [4.78, 5) is 13.6. The van der Waals surface area contributed by atoms with Gasteiger partial charge in [0, 0.05) is 17.8 Å². The maximum atomic E-state index is 12.6. The van der Waals surface area contributed by atoms with Crippen molar-refractivity contribution in [3.8, 4) is 11.3 Å². The molecule has 9 heteroatoms. The molecule has 0 aliphatic carbocycles. The summed E-state index contributed by atoms with van der Waals surface area (Å²) in [5.41, 5.74) is -2.20. The molecule has 110 valence electrons. The number of hydrogen-bond acceptors (Lipinski definition) is 3. The van der Waals surface area contributed by atoms with Crippen molar-refractivity contribution in [3.63, 3.8) is 0 Å². The lowest BCUT2D eigenvalue weighted by Gasteiger charge is -2.09. The van der Waals surface area contributed by atoms with Crippen LogP contribution in [0.2, 0.25) is 10.0 Å². The van der Waals surface area contributed by atoms with E-state index in [0.29, 0.717) is 12.3 Å². The Bertz CT molecular complexity index is 720. The van der Waals surface area contributed by atoms with Crippen molar-refractivity contribution in [2.75, 3.05) is 0 Å². The lowest BCUT2D eigenvalue weighted by molar-refractivity contribution is -0.384. The number of nitrogens with zero attached hydrogens (tertiary/aromatic N) is 2. The number of pyridine rings is 1. The maximum absolute atomic E-state index is 12.6. The van der Waals surface area contributed by atoms with Gasteiger partial charge < -0.3 is 0 Å². The van der Waals surface area contributed by atoms with Gasteiger partial charge in [-0.1, -0.05) is 35.3 Å². The summed E-state index contributed by atoms with van der Waals surface area (Å²) >= 11 is 11.7. The van der Waals surface area contributed by atoms with E-state index in [1.54, 1.807) is 0 Å². The number of alkyl halides is 3. The first-order valence-electron chi connectivity index (χ1n) is 5.38. The summed E-state index contributed by atoms with van der Waals surface area (Å²) in [7, 11) is 0. The van der Waals surface area contributed by atoms with Crippen LogP contribution in [-0.4, -0.2) is 9.91 Å². The zero-order chi connectivity index (χ0) is 15.8. The monoisotopic (exact) mass is 336 g/mol. The molecule has 0 N–H and O–H groups in total. The van der Waals surface area contributed by atoms with Gasteiger partial charge >= 0.3 is 6.18 Å². The van der Waals surface area contributed by atoms with Crippen LogP contribution >= 0.6 is 23.2 Å². The molecule has 1 aromatic carbocycles. The van der Waals surface area contributed by atoms with E-state index < -0.39 is 22.4 Å². The highest BCUT2D eigenvalue weighted by Crippen LogP contribution is 2.39. The third-order valence-electron chi connectivity index (χ3n) is 2.60. The summed E-state index contributed by atoms with van der Waals surface area (Å²) < 4.78 is 37.8. The number of rotatable bonds is 2. The number of benzene rings is 1. The van der Waals surface area contributed by atoms with E-state index in [1.807, 2.05) is 0 Å². The molecule has 0 saturated carbocycles. The van der Waals surface area contributed by atoms with Crippen molar-refractivity contribution in [1.82, 2.24) is 4.98 Å². The highest BCUT2D eigenvalue weighted by atomic mass is 35.5. The smallest absolute Gasteiger partial charge is 0.258 e. The molecule has 0 amide bonds. The van der Waals surface area contributed by atoms with Gasteiger partial charge in [-0.25, -0.2) is 4.98 Å². The van der Waals surface area contributed by atoms with E-state index in [4.69, 9.17) is 23.2 Å². The summed E-state index contributed by atoms with van der Waals surface area (Å²) in [6.45, 7) is 0. The molecule has 0 bridgehead atoms. The van der Waals surface area contributed by atoms with E-state index in [0.717, 1.165) is 0 Å². The van der Waals surface area contributed by atoms with Crippen LogP contribution in [0.5, 0.6) is 0 Å². The SMILES string of the molecule is O=[N+]([O-])c1cc(C(F)(F)F)cnc1-c1cccc(Cl)c1Cl. The van der Waals surface area contributed by atoms with Gasteiger partial charge in [-0.3, -0.25) is 10.1 Å². The van der Waals surface area contributed by atoms with Gasteiger partial charge in [-0.2, -0.15) is 13.2 Å². The van der Waals surface area contributed by atoms with Crippen LogP contribution in [0.4, 0.5) is 18.9 Å². The molecule has 0 spiro atoms. The van der Waals surface area contributed by atoms with Crippen LogP contribution in [0.25, 0.3) is 11.3 Å². The predicted octanol–water partition coefficient (Wildman–Crippen LogP) is 4.98. The quantitative estimate of drug-likeness (QED) is 0.573. The molecular formula is C12H5Cl2F3N2O2. The fraction of sp³-hybridized carbons (Fsp3) is 0.0833. The number of aromatic nitrogens is 1. The predicted molar refractivity (Wildman–Crippen MR) is 71.3 cm³/mol. The van der Waals surface area contributed by atoms with Gasteiger partial charge in [0.1, 0.15) is 5.69 Å². The van der Waals surface area contributed by atoms with E-state index in [2.05, 4.69) is 4.98 Å². The molecule has 1 aromatic heterocycles. The van der Waals surface area contributed by atoms with E-state index >= 15 is 0 Å². The second-order valence-corrected chi connectivity index (χ2v) is 4.73. The van der Waals surface area contributed by atoms with Crippen molar-refractivity contribution in [2.45, 2.75) is 6.18 Å². The van der Waals surface area contributed by atoms with E-state index in [9.17, 15) is 23.3 Å². The molecule has 0 aliphatic rings. The molecule has 21 heavy (non-hydrogen) atoms. The zero-order valence-electron chi connectivity index (χ0n) is 9.99. The Morgan fingerprint density at radius 2 is 1.90 bits per heavy atom. The highest BCUT2D eigenvalue weighted by Gasteiger charge is 2.34. The van der Waals surface area contributed by atoms with Crippen LogP contribution in [0.15, 0.2) is 30.5 Å². The standard InChI is InChI=1S/C12H5Cl2F3N2O2/c13-8-3-1-2-7(10(8)14)11-9(19(20)21)4-6(5-18-11)12(15,16)17/h1-5H. The molecule has 0 radical (unpaired) electrons. The highest BCUT2D eigenvalue weighted by molar-refractivity contribution is 6.43. The Labute approximate surface area is 126 Å². The average molecular weight is 337 g/mol. The summed E-state index contributed by atoms with van der Waals surface area (Å²) in [6, 6.07) is 4.71. The van der Waals surface area contributed by atoms with Gasteiger partial charge in [0.05, 0.1) is 20.5 Å². The summed E-state index contributed by atoms with van der Waals surface area (Å²) in [5.74, 6) is 0. The third-order valence-corrected chi connectivity index (χ3v) is 3.42. The molecule has 4 nitrogen and oxygen atoms in total. The summed E-state index contributed by atoms with van der Waals surface area (Å²) in [5, 5.41) is 11.1. The van der Waals surface area contributed by atoms with Crippen molar-refractivity contribution in [2.24, 2.45) is 0 Å². The largest absolute Gasteiger partial charge is 0.418 e. The van der Waals surface area contributed by atoms with Gasteiger partial charge in [0.15, 0.2) is 0 Å². The first kappa shape index (κ1) is 15.5. The van der Waals surface area contributed by atoms with E-state index in [1.165, 1.54) is 18.2 Å². The third kappa shape index (κ3) is 3.08. The van der Waals surface area contributed by atoms with Gasteiger partial charge in [0.25, 0.3) is 5.69 Å². The fourth-order valence-electron chi connectivity index (χ4n) is 1.64. The van der Waals surface area contributed by atoms with Crippen LogP contribution in [0, 0.1) is 10.1 Å². The van der Waals surface area contributed by atoms with Crippen molar-refractivity contribution < 1.29 is 18.1 Å². The van der Waals surface area contributed by atoms with Crippen LogP contribution in [-0.2, 0) is 6.18 Å².